The Labute approximate surface area is 171 Å². The van der Waals surface area contributed by atoms with Crippen LogP contribution in [0.5, 0.6) is 5.75 Å². The summed E-state index contributed by atoms with van der Waals surface area (Å²) in [6.45, 7) is 2.42. The van der Waals surface area contributed by atoms with Gasteiger partial charge in [-0.2, -0.15) is 5.10 Å². The van der Waals surface area contributed by atoms with Gasteiger partial charge in [0.2, 0.25) is 0 Å². The van der Waals surface area contributed by atoms with Crippen LogP contribution >= 0.6 is 0 Å². The largest absolute Gasteiger partial charge is 0.491 e. The van der Waals surface area contributed by atoms with Crippen LogP contribution in [-0.2, 0) is 6.42 Å². The molecule has 0 unspecified atom stereocenters. The lowest BCUT2D eigenvalue weighted by Gasteiger charge is -2.29. The number of rotatable bonds is 1. The van der Waals surface area contributed by atoms with Crippen molar-refractivity contribution in [1.29, 1.82) is 0 Å². The molecule has 9 nitrogen and oxygen atoms in total. The molecule has 2 atom stereocenters. The first-order valence-corrected chi connectivity index (χ1v) is 9.78. The lowest BCUT2D eigenvalue weighted by molar-refractivity contribution is 0.181. The van der Waals surface area contributed by atoms with Gasteiger partial charge in [-0.3, -0.25) is 0 Å². The molecular formula is C20H21FN6O3. The molecule has 2 amide bonds. The van der Waals surface area contributed by atoms with E-state index in [-0.39, 0.29) is 25.1 Å². The summed E-state index contributed by atoms with van der Waals surface area (Å²) in [6.07, 6.45) is 4.22. The number of aliphatic hydroxyl groups excluding tert-OH is 1. The van der Waals surface area contributed by atoms with Crippen LogP contribution in [0, 0.1) is 5.82 Å². The number of nitrogens with one attached hydrogen (secondary N) is 2. The number of benzene rings is 1. The van der Waals surface area contributed by atoms with Crippen molar-refractivity contribution in [2.75, 3.05) is 30.0 Å². The fourth-order valence-electron chi connectivity index (χ4n) is 4.00. The minimum absolute atomic E-state index is 0.0352. The van der Waals surface area contributed by atoms with E-state index >= 15 is 0 Å². The van der Waals surface area contributed by atoms with Crippen LogP contribution in [0.4, 0.5) is 20.7 Å². The maximum absolute atomic E-state index is 14.1. The van der Waals surface area contributed by atoms with Gasteiger partial charge in [-0.05, 0) is 31.5 Å². The molecule has 2 aliphatic rings. The zero-order valence-corrected chi connectivity index (χ0v) is 16.3. The fourth-order valence-corrected chi connectivity index (χ4v) is 4.00. The van der Waals surface area contributed by atoms with Crippen molar-refractivity contribution in [1.82, 2.24) is 19.9 Å². The van der Waals surface area contributed by atoms with E-state index in [0.29, 0.717) is 22.6 Å². The number of aliphatic hydroxyl groups is 1. The van der Waals surface area contributed by atoms with Crippen LogP contribution in [0.1, 0.15) is 24.1 Å². The Morgan fingerprint density at radius 1 is 1.40 bits per heavy atom. The lowest BCUT2D eigenvalue weighted by Crippen LogP contribution is -2.44. The molecule has 2 aliphatic heterocycles. The maximum atomic E-state index is 14.1. The molecule has 2 bridgehead atoms. The monoisotopic (exact) mass is 412 g/mol. The standard InChI is InChI=1S/C20H21FN6O3/c1-11-15-6-13(21)2-3-17(15)30-10-14(9-28)23-20(29)24-16-7-22-27-8-12-4-5-26(11)18(12)25-19(16)27/h2-3,6-8,11,14,28H,4-5,9-10H2,1H3,(H2,23,24,29)/t11-,14-/m1/s1. The molecule has 0 aliphatic carbocycles. The number of anilines is 2. The van der Waals surface area contributed by atoms with Crippen LogP contribution in [0.25, 0.3) is 5.65 Å². The summed E-state index contributed by atoms with van der Waals surface area (Å²) in [6, 6.07) is 3.02. The topological polar surface area (TPSA) is 104 Å². The maximum Gasteiger partial charge on any atom is 0.319 e. The summed E-state index contributed by atoms with van der Waals surface area (Å²) in [4.78, 5) is 19.3. The molecule has 3 aromatic rings. The fraction of sp³-hybridized carbons (Fsp3) is 0.350. The third kappa shape index (κ3) is 3.09. The predicted molar refractivity (Wildman–Crippen MR) is 107 cm³/mol. The molecule has 0 spiro atoms. The van der Waals surface area contributed by atoms with Gasteiger partial charge in [0.15, 0.2) is 5.65 Å². The smallest absolute Gasteiger partial charge is 0.319 e. The minimum atomic E-state index is -0.648. The summed E-state index contributed by atoms with van der Waals surface area (Å²) < 4.78 is 21.6. The molecule has 0 saturated carbocycles. The van der Waals surface area contributed by atoms with E-state index in [1.807, 2.05) is 13.1 Å². The molecule has 30 heavy (non-hydrogen) atoms. The second kappa shape index (κ2) is 7.13. The summed E-state index contributed by atoms with van der Waals surface area (Å²) >= 11 is 0. The normalized spacial score (nSPS) is 21.0. The van der Waals surface area contributed by atoms with Gasteiger partial charge >= 0.3 is 6.03 Å². The summed E-state index contributed by atoms with van der Waals surface area (Å²) in [5.41, 5.74) is 2.67. The molecule has 0 radical (unpaired) electrons. The van der Waals surface area contributed by atoms with E-state index in [2.05, 4.69) is 20.6 Å². The van der Waals surface area contributed by atoms with Gasteiger partial charge in [0, 0.05) is 23.9 Å². The molecular weight excluding hydrogens is 391 g/mol. The Bertz CT molecular complexity index is 1130. The predicted octanol–water partition coefficient (Wildman–Crippen LogP) is 1.87. The molecule has 3 N–H and O–H groups in total. The van der Waals surface area contributed by atoms with Crippen molar-refractivity contribution in [3.63, 3.8) is 0 Å². The first-order chi connectivity index (χ1) is 14.5. The van der Waals surface area contributed by atoms with Crippen LogP contribution in [-0.4, -0.2) is 51.5 Å². The molecule has 2 aromatic heterocycles. The van der Waals surface area contributed by atoms with Gasteiger partial charge in [-0.25, -0.2) is 18.7 Å². The van der Waals surface area contributed by atoms with Crippen molar-refractivity contribution < 1.29 is 19.0 Å². The highest BCUT2D eigenvalue weighted by atomic mass is 19.1. The zero-order valence-electron chi connectivity index (χ0n) is 16.3. The molecule has 156 valence electrons. The lowest BCUT2D eigenvalue weighted by atomic mass is 10.1. The minimum Gasteiger partial charge on any atom is -0.491 e. The zero-order chi connectivity index (χ0) is 20.8. The summed E-state index contributed by atoms with van der Waals surface area (Å²) in [7, 11) is 0. The van der Waals surface area contributed by atoms with Gasteiger partial charge in [-0.15, -0.1) is 0 Å². The van der Waals surface area contributed by atoms with E-state index < -0.39 is 12.1 Å². The van der Waals surface area contributed by atoms with Gasteiger partial charge in [-0.1, -0.05) is 0 Å². The van der Waals surface area contributed by atoms with E-state index in [1.165, 1.54) is 18.3 Å². The van der Waals surface area contributed by atoms with E-state index in [4.69, 9.17) is 9.72 Å². The van der Waals surface area contributed by atoms with Crippen molar-refractivity contribution in [3.8, 4) is 5.75 Å². The number of hydrogen-bond donors (Lipinski definition) is 3. The Morgan fingerprint density at radius 2 is 2.27 bits per heavy atom. The van der Waals surface area contributed by atoms with Crippen molar-refractivity contribution >= 4 is 23.2 Å². The Morgan fingerprint density at radius 3 is 3.10 bits per heavy atom. The van der Waals surface area contributed by atoms with Crippen LogP contribution < -0.4 is 20.3 Å². The first kappa shape index (κ1) is 18.6. The van der Waals surface area contributed by atoms with E-state index in [1.54, 1.807) is 10.6 Å². The highest BCUT2D eigenvalue weighted by Gasteiger charge is 2.30. The molecule has 0 fully saturated rings. The van der Waals surface area contributed by atoms with Gasteiger partial charge < -0.3 is 25.4 Å². The average molecular weight is 412 g/mol. The summed E-state index contributed by atoms with van der Waals surface area (Å²) in [5, 5.41) is 19.3. The number of carbonyl (C=O) groups excluding carboxylic acids is 1. The molecule has 5 rings (SSSR count). The highest BCUT2D eigenvalue weighted by Crippen LogP contribution is 2.38. The highest BCUT2D eigenvalue weighted by molar-refractivity contribution is 5.93. The van der Waals surface area contributed by atoms with Gasteiger partial charge in [0.05, 0.1) is 24.9 Å². The van der Waals surface area contributed by atoms with Gasteiger partial charge in [0.1, 0.15) is 29.7 Å². The number of fused-ring (bicyclic) bond motifs is 1. The Hall–Kier alpha value is -3.40. The second-order valence-electron chi connectivity index (χ2n) is 7.51. The van der Waals surface area contributed by atoms with Crippen molar-refractivity contribution in [2.24, 2.45) is 0 Å². The number of carbonyl (C=O) groups is 1. The third-order valence-corrected chi connectivity index (χ3v) is 5.57. The number of nitrogens with zero attached hydrogens (tertiary/aromatic N) is 4. The van der Waals surface area contributed by atoms with Crippen LogP contribution in [0.15, 0.2) is 30.6 Å². The second-order valence-corrected chi connectivity index (χ2v) is 7.51. The Kier molecular flexibility index (Phi) is 4.43. The van der Waals surface area contributed by atoms with E-state index in [0.717, 1.165) is 24.3 Å². The van der Waals surface area contributed by atoms with E-state index in [9.17, 15) is 14.3 Å². The number of amides is 2. The summed E-state index contributed by atoms with van der Waals surface area (Å²) in [5.74, 6) is 0.920. The number of urea groups is 1. The number of hydrogen-bond acceptors (Lipinski definition) is 6. The third-order valence-electron chi connectivity index (χ3n) is 5.57. The molecule has 0 saturated heterocycles. The van der Waals surface area contributed by atoms with Gasteiger partial charge in [0.25, 0.3) is 0 Å². The number of ether oxygens (including phenoxy) is 1. The average Bonchev–Trinajstić information content (AvgIpc) is 3.32. The SMILES string of the molecule is C[C@@H]1c2cc(F)ccc2OC[C@@H](CO)NC(=O)Nc2cnn3cc4c(nc23)N1CC4. The molecule has 1 aromatic carbocycles. The Balaban J connectivity index is 1.65. The van der Waals surface area contributed by atoms with Crippen LogP contribution in [0.2, 0.25) is 0 Å². The molecule has 10 heteroatoms. The number of halogens is 1. The van der Waals surface area contributed by atoms with Crippen molar-refractivity contribution in [3.05, 3.63) is 47.5 Å². The number of aromatic nitrogens is 3. The van der Waals surface area contributed by atoms with Crippen molar-refractivity contribution in [2.45, 2.75) is 25.4 Å². The first-order valence-electron chi connectivity index (χ1n) is 9.78. The quantitative estimate of drug-likeness (QED) is 0.564. The molecule has 4 heterocycles. The van der Waals surface area contributed by atoms with Crippen LogP contribution in [0.3, 0.4) is 0 Å².